The number of anilines is 1. The number of aromatic carboxylic acids is 1. The Balaban J connectivity index is 2.20. The van der Waals surface area contributed by atoms with Crippen LogP contribution in [0, 0.1) is 0 Å². The van der Waals surface area contributed by atoms with Crippen molar-refractivity contribution in [2.24, 2.45) is 0 Å². The minimum atomic E-state index is -3.58. The first-order chi connectivity index (χ1) is 10.3. The van der Waals surface area contributed by atoms with E-state index in [1.54, 1.807) is 0 Å². The molecule has 1 saturated heterocycles. The molecule has 2 rings (SSSR count). The summed E-state index contributed by atoms with van der Waals surface area (Å²) < 4.78 is 28.5. The van der Waals surface area contributed by atoms with Crippen LogP contribution in [0.2, 0.25) is 0 Å². The third-order valence-corrected chi connectivity index (χ3v) is 4.39. The van der Waals surface area contributed by atoms with Gasteiger partial charge in [0.05, 0.1) is 23.0 Å². The normalized spacial score (nSPS) is 18.1. The lowest BCUT2D eigenvalue weighted by atomic mass is 10.1. The maximum Gasteiger partial charge on any atom is 0.335 e. The number of rotatable bonds is 5. The van der Waals surface area contributed by atoms with Crippen LogP contribution in [0.5, 0.6) is 0 Å². The molecule has 0 radical (unpaired) electrons. The number of carboxylic acid groups (broad SMARTS) is 1. The largest absolute Gasteiger partial charge is 0.478 e. The molecule has 1 aliphatic heterocycles. The van der Waals surface area contributed by atoms with Gasteiger partial charge in [0.2, 0.25) is 5.91 Å². The summed E-state index contributed by atoms with van der Waals surface area (Å²) in [5.74, 6) is -1.60. The second kappa shape index (κ2) is 6.45. The average Bonchev–Trinajstić information content (AvgIpc) is 2.89. The number of benzene rings is 1. The third-order valence-electron chi connectivity index (χ3n) is 3.30. The molecular formula is C14H17NO6S. The van der Waals surface area contributed by atoms with Crippen molar-refractivity contribution < 1.29 is 27.9 Å². The maximum absolute atomic E-state index is 11.9. The highest BCUT2D eigenvalue weighted by Gasteiger charge is 2.20. The predicted molar refractivity (Wildman–Crippen MR) is 78.7 cm³/mol. The molecule has 2 N–H and O–H groups in total. The maximum atomic E-state index is 11.9. The first-order valence-corrected chi connectivity index (χ1v) is 8.65. The molecule has 0 bridgehead atoms. The van der Waals surface area contributed by atoms with E-state index in [0.29, 0.717) is 6.61 Å². The Bertz CT molecular complexity index is 691. The molecule has 0 spiro atoms. The molecule has 1 amide bonds. The first kappa shape index (κ1) is 16.4. The van der Waals surface area contributed by atoms with Crippen molar-refractivity contribution in [2.75, 3.05) is 18.2 Å². The Morgan fingerprint density at radius 2 is 2.09 bits per heavy atom. The van der Waals surface area contributed by atoms with Crippen LogP contribution in [-0.4, -0.2) is 44.4 Å². The Kier molecular flexibility index (Phi) is 4.82. The molecule has 1 aliphatic rings. The third kappa shape index (κ3) is 4.28. The average molecular weight is 327 g/mol. The van der Waals surface area contributed by atoms with Gasteiger partial charge in [-0.3, -0.25) is 4.79 Å². The van der Waals surface area contributed by atoms with Gasteiger partial charge in [-0.1, -0.05) is 0 Å². The van der Waals surface area contributed by atoms with Gasteiger partial charge in [0.15, 0.2) is 9.84 Å². The highest BCUT2D eigenvalue weighted by atomic mass is 32.2. The van der Waals surface area contributed by atoms with E-state index in [-0.39, 0.29) is 34.6 Å². The van der Waals surface area contributed by atoms with Gasteiger partial charge in [-0.25, -0.2) is 13.2 Å². The van der Waals surface area contributed by atoms with Crippen molar-refractivity contribution >= 4 is 27.4 Å². The molecule has 0 aromatic heterocycles. The molecule has 1 heterocycles. The van der Waals surface area contributed by atoms with Crippen molar-refractivity contribution in [3.63, 3.8) is 0 Å². The van der Waals surface area contributed by atoms with E-state index >= 15 is 0 Å². The summed E-state index contributed by atoms with van der Waals surface area (Å²) in [4.78, 5) is 22.8. The monoisotopic (exact) mass is 327 g/mol. The molecule has 1 aromatic rings. The van der Waals surface area contributed by atoms with Crippen LogP contribution < -0.4 is 5.32 Å². The molecule has 0 unspecified atom stereocenters. The number of carboxylic acids is 1. The zero-order chi connectivity index (χ0) is 16.3. The number of carbonyl (C=O) groups excluding carboxylic acids is 1. The number of carbonyl (C=O) groups is 2. The Labute approximate surface area is 128 Å². The van der Waals surface area contributed by atoms with Crippen molar-refractivity contribution in [1.82, 2.24) is 0 Å². The smallest absolute Gasteiger partial charge is 0.335 e. The standard InChI is InChI=1S/C14H17NO6S/c1-22(19,20)12-6-9(14(17)18)5-10(7-12)15-13(16)8-11-3-2-4-21-11/h5-7,11H,2-4,8H2,1H3,(H,15,16)(H,17,18)/t11-/m1/s1. The van der Waals surface area contributed by atoms with Gasteiger partial charge in [0, 0.05) is 18.6 Å². The molecule has 1 fully saturated rings. The number of ether oxygens (including phenoxy) is 1. The molecule has 120 valence electrons. The van der Waals surface area contributed by atoms with Crippen LogP contribution in [0.3, 0.4) is 0 Å². The van der Waals surface area contributed by atoms with E-state index in [9.17, 15) is 18.0 Å². The lowest BCUT2D eigenvalue weighted by Crippen LogP contribution is -2.19. The number of sulfone groups is 1. The number of nitrogens with one attached hydrogen (secondary N) is 1. The number of amides is 1. The van der Waals surface area contributed by atoms with Crippen molar-refractivity contribution in [3.8, 4) is 0 Å². The van der Waals surface area contributed by atoms with E-state index in [2.05, 4.69) is 5.32 Å². The number of hydrogen-bond donors (Lipinski definition) is 2. The summed E-state index contributed by atoms with van der Waals surface area (Å²) in [6.07, 6.45) is 2.70. The lowest BCUT2D eigenvalue weighted by molar-refractivity contribution is -0.118. The second-order valence-corrected chi connectivity index (χ2v) is 7.23. The Morgan fingerprint density at radius 3 is 2.64 bits per heavy atom. The predicted octanol–water partition coefficient (Wildman–Crippen LogP) is 1.30. The van der Waals surface area contributed by atoms with Crippen molar-refractivity contribution in [3.05, 3.63) is 23.8 Å². The fourth-order valence-electron chi connectivity index (χ4n) is 2.23. The van der Waals surface area contributed by atoms with Crippen molar-refractivity contribution in [2.45, 2.75) is 30.3 Å². The first-order valence-electron chi connectivity index (χ1n) is 6.75. The minimum absolute atomic E-state index is 0.142. The summed E-state index contributed by atoms with van der Waals surface area (Å²) in [5.41, 5.74) is -0.0568. The van der Waals surface area contributed by atoms with Gasteiger partial charge in [0.25, 0.3) is 0 Å². The summed E-state index contributed by atoms with van der Waals surface area (Å²) in [6, 6.07) is 3.53. The van der Waals surface area contributed by atoms with Crippen LogP contribution in [0.25, 0.3) is 0 Å². The Morgan fingerprint density at radius 1 is 1.36 bits per heavy atom. The highest BCUT2D eigenvalue weighted by Crippen LogP contribution is 2.21. The zero-order valence-corrected chi connectivity index (χ0v) is 12.9. The SMILES string of the molecule is CS(=O)(=O)c1cc(NC(=O)C[C@H]2CCCO2)cc(C(=O)O)c1. The van der Waals surface area contributed by atoms with Gasteiger partial charge in [-0.15, -0.1) is 0 Å². The topological polar surface area (TPSA) is 110 Å². The molecular weight excluding hydrogens is 310 g/mol. The van der Waals surface area contributed by atoms with Crippen LogP contribution in [-0.2, 0) is 19.4 Å². The summed E-state index contributed by atoms with van der Waals surface area (Å²) >= 11 is 0. The fraction of sp³-hybridized carbons (Fsp3) is 0.429. The second-order valence-electron chi connectivity index (χ2n) is 5.21. The highest BCUT2D eigenvalue weighted by molar-refractivity contribution is 7.90. The molecule has 1 atom stereocenters. The number of hydrogen-bond acceptors (Lipinski definition) is 5. The van der Waals surface area contributed by atoms with Gasteiger partial charge in [0.1, 0.15) is 0 Å². The van der Waals surface area contributed by atoms with Crippen LogP contribution >= 0.6 is 0 Å². The molecule has 0 aliphatic carbocycles. The van der Waals surface area contributed by atoms with E-state index in [1.165, 1.54) is 12.1 Å². The Hall–Kier alpha value is -1.93. The van der Waals surface area contributed by atoms with Gasteiger partial charge in [-0.05, 0) is 31.0 Å². The quantitative estimate of drug-likeness (QED) is 0.843. The zero-order valence-electron chi connectivity index (χ0n) is 12.0. The van der Waals surface area contributed by atoms with E-state index in [0.717, 1.165) is 25.2 Å². The summed E-state index contributed by atoms with van der Waals surface area (Å²) in [5, 5.41) is 11.6. The van der Waals surface area contributed by atoms with Crippen LogP contribution in [0.4, 0.5) is 5.69 Å². The van der Waals surface area contributed by atoms with E-state index in [1.807, 2.05) is 0 Å². The summed E-state index contributed by atoms with van der Waals surface area (Å²) in [6.45, 7) is 0.630. The summed E-state index contributed by atoms with van der Waals surface area (Å²) in [7, 11) is -3.58. The van der Waals surface area contributed by atoms with Gasteiger partial charge < -0.3 is 15.2 Å². The fourth-order valence-corrected chi connectivity index (χ4v) is 2.91. The molecule has 1 aromatic carbocycles. The lowest BCUT2D eigenvalue weighted by Gasteiger charge is -2.11. The minimum Gasteiger partial charge on any atom is -0.478 e. The van der Waals surface area contributed by atoms with Gasteiger partial charge >= 0.3 is 5.97 Å². The van der Waals surface area contributed by atoms with E-state index < -0.39 is 15.8 Å². The molecule has 22 heavy (non-hydrogen) atoms. The van der Waals surface area contributed by atoms with E-state index in [4.69, 9.17) is 9.84 Å². The molecule has 0 saturated carbocycles. The van der Waals surface area contributed by atoms with Crippen LogP contribution in [0.15, 0.2) is 23.1 Å². The van der Waals surface area contributed by atoms with Crippen LogP contribution in [0.1, 0.15) is 29.6 Å². The van der Waals surface area contributed by atoms with Gasteiger partial charge in [-0.2, -0.15) is 0 Å². The van der Waals surface area contributed by atoms with Crippen molar-refractivity contribution in [1.29, 1.82) is 0 Å². The molecule has 8 heteroatoms. The molecule has 7 nitrogen and oxygen atoms in total.